The van der Waals surface area contributed by atoms with Gasteiger partial charge < -0.3 is 10.1 Å². The molecule has 0 fully saturated rings. The van der Waals surface area contributed by atoms with Crippen molar-refractivity contribution in [1.82, 2.24) is 5.32 Å². The maximum absolute atomic E-state index is 13.7. The summed E-state index contributed by atoms with van der Waals surface area (Å²) in [6, 6.07) is 14.8. The van der Waals surface area contributed by atoms with Gasteiger partial charge in [0.25, 0.3) is 0 Å². The van der Waals surface area contributed by atoms with Crippen LogP contribution in [-0.2, 0) is 11.2 Å². The number of ether oxygens (including phenoxy) is 1. The first kappa shape index (κ1) is 19.0. The number of rotatable bonds is 8. The Balaban J connectivity index is 1.96. The number of nitrogens with one attached hydrogen (secondary N) is 1. The zero-order valence-corrected chi connectivity index (χ0v) is 15.1. The summed E-state index contributed by atoms with van der Waals surface area (Å²) < 4.78 is 18.6. The second kappa shape index (κ2) is 9.21. The molecule has 0 saturated carbocycles. The van der Waals surface area contributed by atoms with E-state index in [9.17, 15) is 9.18 Å². The predicted octanol–water partition coefficient (Wildman–Crippen LogP) is 4.67. The molecule has 2 aromatic carbocycles. The maximum atomic E-state index is 13.7. The fourth-order valence-electron chi connectivity index (χ4n) is 2.82. The molecule has 0 radical (unpaired) electrons. The van der Waals surface area contributed by atoms with Crippen LogP contribution in [0.5, 0.6) is 5.75 Å². The Morgan fingerprint density at radius 3 is 2.48 bits per heavy atom. The molecule has 1 N–H and O–H groups in total. The van der Waals surface area contributed by atoms with Crippen molar-refractivity contribution < 1.29 is 13.9 Å². The van der Waals surface area contributed by atoms with Crippen LogP contribution >= 0.6 is 0 Å². The van der Waals surface area contributed by atoms with Crippen molar-refractivity contribution in [3.63, 3.8) is 0 Å². The lowest BCUT2D eigenvalue weighted by Gasteiger charge is -2.21. The fraction of sp³-hybridized carbons (Fsp3) is 0.381. The average molecular weight is 343 g/mol. The molecule has 0 saturated heterocycles. The molecular weight excluding hydrogens is 317 g/mol. The molecule has 1 atom stereocenters. The van der Waals surface area contributed by atoms with Gasteiger partial charge in [-0.3, -0.25) is 4.79 Å². The predicted molar refractivity (Wildman–Crippen MR) is 98.1 cm³/mol. The van der Waals surface area contributed by atoms with Crippen LogP contribution in [0.4, 0.5) is 4.39 Å². The molecule has 1 amide bonds. The summed E-state index contributed by atoms with van der Waals surface area (Å²) in [5.41, 5.74) is 1.90. The molecule has 0 heterocycles. The molecule has 4 heteroatoms. The highest BCUT2D eigenvalue weighted by atomic mass is 19.1. The summed E-state index contributed by atoms with van der Waals surface area (Å²) >= 11 is 0. The van der Waals surface area contributed by atoms with Crippen LogP contribution in [0.1, 0.15) is 43.9 Å². The third-order valence-electron chi connectivity index (χ3n) is 4.10. The maximum Gasteiger partial charge on any atom is 0.220 e. The zero-order chi connectivity index (χ0) is 18.2. The number of hydrogen-bond acceptors (Lipinski definition) is 2. The lowest BCUT2D eigenvalue weighted by atomic mass is 9.96. The molecule has 134 valence electrons. The third-order valence-corrected chi connectivity index (χ3v) is 4.10. The van der Waals surface area contributed by atoms with E-state index in [-0.39, 0.29) is 17.7 Å². The van der Waals surface area contributed by atoms with Gasteiger partial charge in [-0.05, 0) is 42.0 Å². The smallest absolute Gasteiger partial charge is 0.220 e. The van der Waals surface area contributed by atoms with Crippen LogP contribution < -0.4 is 10.1 Å². The highest BCUT2D eigenvalue weighted by Gasteiger charge is 2.16. The molecule has 1 unspecified atom stereocenters. The van der Waals surface area contributed by atoms with Crippen LogP contribution in [0.3, 0.4) is 0 Å². The first-order chi connectivity index (χ1) is 12.0. The molecule has 0 aromatic heterocycles. The summed E-state index contributed by atoms with van der Waals surface area (Å²) in [5.74, 6) is 0.267. The van der Waals surface area contributed by atoms with Gasteiger partial charge in [0, 0.05) is 6.42 Å². The lowest BCUT2D eigenvalue weighted by molar-refractivity contribution is -0.121. The largest absolute Gasteiger partial charge is 0.494 e. The van der Waals surface area contributed by atoms with Gasteiger partial charge in [0.2, 0.25) is 5.91 Å². The van der Waals surface area contributed by atoms with Crippen molar-refractivity contribution in [1.29, 1.82) is 0 Å². The van der Waals surface area contributed by atoms with E-state index in [0.29, 0.717) is 18.8 Å². The highest BCUT2D eigenvalue weighted by Crippen LogP contribution is 2.22. The van der Waals surface area contributed by atoms with E-state index < -0.39 is 5.82 Å². The standard InChI is InChI=1S/C21H26FNO2/c1-15(2)13-19(17-7-5-4-6-8-17)23-21(24)12-10-16-9-11-20(25-3)18(22)14-16/h4-9,11,14-15,19H,10,12-13H2,1-3H3,(H,23,24). The van der Waals surface area contributed by atoms with E-state index >= 15 is 0 Å². The van der Waals surface area contributed by atoms with Gasteiger partial charge in [0.1, 0.15) is 0 Å². The van der Waals surface area contributed by atoms with Gasteiger partial charge in [-0.25, -0.2) is 4.39 Å². The first-order valence-electron chi connectivity index (χ1n) is 8.66. The molecule has 0 spiro atoms. The normalized spacial score (nSPS) is 12.0. The molecule has 25 heavy (non-hydrogen) atoms. The van der Waals surface area contributed by atoms with Gasteiger partial charge >= 0.3 is 0 Å². The second-order valence-corrected chi connectivity index (χ2v) is 6.63. The van der Waals surface area contributed by atoms with Gasteiger partial charge in [0.15, 0.2) is 11.6 Å². The average Bonchev–Trinajstić information content (AvgIpc) is 2.60. The van der Waals surface area contributed by atoms with Crippen LogP contribution in [0.2, 0.25) is 0 Å². The third kappa shape index (κ3) is 5.89. The van der Waals surface area contributed by atoms with Crippen LogP contribution in [0.25, 0.3) is 0 Å². The summed E-state index contributed by atoms with van der Waals surface area (Å²) in [5, 5.41) is 3.11. The van der Waals surface area contributed by atoms with Crippen LogP contribution in [0, 0.1) is 11.7 Å². The highest BCUT2D eigenvalue weighted by molar-refractivity contribution is 5.76. The summed E-state index contributed by atoms with van der Waals surface area (Å²) in [4.78, 5) is 12.4. The molecule has 3 nitrogen and oxygen atoms in total. The van der Waals surface area contributed by atoms with Gasteiger partial charge in [-0.15, -0.1) is 0 Å². The minimum absolute atomic E-state index is 0.00121. The monoisotopic (exact) mass is 343 g/mol. The van der Waals surface area contributed by atoms with Crippen molar-refractivity contribution in [2.45, 2.75) is 39.2 Å². The number of methoxy groups -OCH3 is 1. The number of halogens is 1. The van der Waals surface area contributed by atoms with E-state index in [2.05, 4.69) is 19.2 Å². The summed E-state index contributed by atoms with van der Waals surface area (Å²) in [7, 11) is 1.43. The molecule has 0 bridgehead atoms. The van der Waals surface area contributed by atoms with Crippen molar-refractivity contribution in [2.75, 3.05) is 7.11 Å². The molecule has 0 aliphatic heterocycles. The van der Waals surface area contributed by atoms with Gasteiger partial charge in [-0.2, -0.15) is 0 Å². The Labute approximate surface area is 149 Å². The topological polar surface area (TPSA) is 38.3 Å². The summed E-state index contributed by atoms with van der Waals surface area (Å²) in [6.45, 7) is 4.28. The Kier molecular flexibility index (Phi) is 6.99. The number of hydrogen-bond donors (Lipinski definition) is 1. The Hall–Kier alpha value is -2.36. The first-order valence-corrected chi connectivity index (χ1v) is 8.66. The summed E-state index contributed by atoms with van der Waals surface area (Å²) in [6.07, 6.45) is 1.70. The Morgan fingerprint density at radius 1 is 1.16 bits per heavy atom. The van der Waals surface area contributed by atoms with Crippen LogP contribution in [0.15, 0.2) is 48.5 Å². The number of carbonyl (C=O) groups is 1. The Bertz CT molecular complexity index is 686. The molecule has 0 aliphatic rings. The van der Waals surface area contributed by atoms with E-state index in [1.54, 1.807) is 12.1 Å². The Morgan fingerprint density at radius 2 is 1.88 bits per heavy atom. The quantitative estimate of drug-likeness (QED) is 0.756. The molecule has 2 aromatic rings. The zero-order valence-electron chi connectivity index (χ0n) is 15.1. The second-order valence-electron chi connectivity index (χ2n) is 6.63. The van der Waals surface area contributed by atoms with E-state index in [0.717, 1.165) is 17.5 Å². The minimum atomic E-state index is -0.401. The minimum Gasteiger partial charge on any atom is -0.494 e. The molecule has 0 aliphatic carbocycles. The fourth-order valence-corrected chi connectivity index (χ4v) is 2.82. The molecular formula is C21H26FNO2. The van der Waals surface area contributed by atoms with Crippen LogP contribution in [-0.4, -0.2) is 13.0 Å². The number of aryl methyl sites for hydroxylation is 1. The van der Waals surface area contributed by atoms with E-state index in [1.807, 2.05) is 30.3 Å². The van der Waals surface area contributed by atoms with Crippen molar-refractivity contribution in [3.05, 3.63) is 65.5 Å². The van der Waals surface area contributed by atoms with Crippen molar-refractivity contribution in [2.24, 2.45) is 5.92 Å². The lowest BCUT2D eigenvalue weighted by Crippen LogP contribution is -2.29. The SMILES string of the molecule is COc1ccc(CCC(=O)NC(CC(C)C)c2ccccc2)cc1F. The number of carbonyl (C=O) groups excluding carboxylic acids is 1. The van der Waals surface area contributed by atoms with E-state index in [1.165, 1.54) is 13.2 Å². The van der Waals surface area contributed by atoms with Gasteiger partial charge in [-0.1, -0.05) is 50.2 Å². The molecule has 2 rings (SSSR count). The number of benzene rings is 2. The van der Waals surface area contributed by atoms with Gasteiger partial charge in [0.05, 0.1) is 13.2 Å². The van der Waals surface area contributed by atoms with Crippen molar-refractivity contribution in [3.8, 4) is 5.75 Å². The number of amides is 1. The van der Waals surface area contributed by atoms with Crippen molar-refractivity contribution >= 4 is 5.91 Å². The van der Waals surface area contributed by atoms with E-state index in [4.69, 9.17) is 4.74 Å².